The van der Waals surface area contributed by atoms with E-state index in [-0.39, 0.29) is 18.4 Å². The molecule has 1 aliphatic heterocycles. The van der Waals surface area contributed by atoms with Crippen molar-refractivity contribution in [2.45, 2.75) is 45.1 Å². The van der Waals surface area contributed by atoms with E-state index in [2.05, 4.69) is 10.6 Å². The maximum absolute atomic E-state index is 12.1. The number of hydrogen-bond acceptors (Lipinski definition) is 3. The molecule has 6 heteroatoms. The molecule has 6 nitrogen and oxygen atoms in total. The van der Waals surface area contributed by atoms with Gasteiger partial charge in [-0.2, -0.15) is 0 Å². The van der Waals surface area contributed by atoms with Crippen LogP contribution in [0.25, 0.3) is 0 Å². The standard InChI is InChI=1S/C17H21N3O3/c1-2-4-14-16(22)20(17(23)19-14)10-15(21)18-13-8-7-11-5-3-6-12(11)9-13/h7-9,14H,2-6,10H2,1H3,(H,18,21)(H,19,23). The Bertz CT molecular complexity index is 656. The molecule has 1 saturated heterocycles. The zero-order valence-corrected chi connectivity index (χ0v) is 13.2. The van der Waals surface area contributed by atoms with Gasteiger partial charge < -0.3 is 10.6 Å². The van der Waals surface area contributed by atoms with Crippen LogP contribution in [0.4, 0.5) is 10.5 Å². The van der Waals surface area contributed by atoms with Crippen LogP contribution in [0, 0.1) is 0 Å². The molecule has 0 bridgehead atoms. The minimum absolute atomic E-state index is 0.248. The molecule has 3 rings (SSSR count). The SMILES string of the molecule is CCCC1NC(=O)N(CC(=O)Nc2ccc3c(c2)CCC3)C1=O. The number of aryl methyl sites for hydroxylation is 2. The molecule has 23 heavy (non-hydrogen) atoms. The Balaban J connectivity index is 1.61. The number of benzene rings is 1. The first-order valence-corrected chi connectivity index (χ1v) is 8.12. The summed E-state index contributed by atoms with van der Waals surface area (Å²) >= 11 is 0. The van der Waals surface area contributed by atoms with Crippen LogP contribution in [0.5, 0.6) is 0 Å². The number of rotatable bonds is 5. The molecule has 1 aliphatic carbocycles. The third-order valence-corrected chi connectivity index (χ3v) is 4.37. The quantitative estimate of drug-likeness (QED) is 0.814. The fourth-order valence-electron chi connectivity index (χ4n) is 3.20. The van der Waals surface area contributed by atoms with E-state index >= 15 is 0 Å². The van der Waals surface area contributed by atoms with E-state index in [9.17, 15) is 14.4 Å². The number of carbonyl (C=O) groups is 3. The van der Waals surface area contributed by atoms with Gasteiger partial charge in [0.15, 0.2) is 0 Å². The summed E-state index contributed by atoms with van der Waals surface area (Å²) in [6.07, 6.45) is 4.66. The molecule has 0 radical (unpaired) electrons. The minimum atomic E-state index is -0.500. The molecule has 1 aromatic carbocycles. The van der Waals surface area contributed by atoms with Gasteiger partial charge in [0.05, 0.1) is 0 Å². The van der Waals surface area contributed by atoms with E-state index in [4.69, 9.17) is 0 Å². The van der Waals surface area contributed by atoms with Gasteiger partial charge in [-0.05, 0) is 48.9 Å². The number of urea groups is 1. The van der Waals surface area contributed by atoms with Gasteiger partial charge in [-0.15, -0.1) is 0 Å². The molecule has 1 atom stereocenters. The molecule has 1 heterocycles. The van der Waals surface area contributed by atoms with Gasteiger partial charge in [0.1, 0.15) is 12.6 Å². The van der Waals surface area contributed by atoms with Gasteiger partial charge in [-0.1, -0.05) is 19.4 Å². The molecular weight excluding hydrogens is 294 g/mol. The third-order valence-electron chi connectivity index (χ3n) is 4.37. The summed E-state index contributed by atoms with van der Waals surface area (Å²) in [5.74, 6) is -0.676. The fraction of sp³-hybridized carbons (Fsp3) is 0.471. The number of nitrogens with zero attached hydrogens (tertiary/aromatic N) is 1. The Kier molecular flexibility index (Phi) is 4.32. The lowest BCUT2D eigenvalue weighted by Gasteiger charge is -2.13. The van der Waals surface area contributed by atoms with Crippen molar-refractivity contribution in [3.05, 3.63) is 29.3 Å². The Labute approximate surface area is 135 Å². The van der Waals surface area contributed by atoms with Gasteiger partial charge in [0, 0.05) is 5.69 Å². The predicted octanol–water partition coefficient (Wildman–Crippen LogP) is 1.83. The topological polar surface area (TPSA) is 78.5 Å². The highest BCUT2D eigenvalue weighted by Gasteiger charge is 2.38. The summed E-state index contributed by atoms with van der Waals surface area (Å²) < 4.78 is 0. The Hall–Kier alpha value is -2.37. The fourth-order valence-corrected chi connectivity index (χ4v) is 3.20. The highest BCUT2D eigenvalue weighted by atomic mass is 16.2. The van der Waals surface area contributed by atoms with Crippen LogP contribution in [-0.4, -0.2) is 35.3 Å². The Morgan fingerprint density at radius 2 is 2.09 bits per heavy atom. The number of carbonyl (C=O) groups excluding carboxylic acids is 3. The van der Waals surface area contributed by atoms with Gasteiger partial charge in [-0.25, -0.2) is 4.79 Å². The van der Waals surface area contributed by atoms with E-state index < -0.39 is 12.1 Å². The largest absolute Gasteiger partial charge is 0.326 e. The monoisotopic (exact) mass is 315 g/mol. The van der Waals surface area contributed by atoms with E-state index in [0.717, 1.165) is 30.6 Å². The Morgan fingerprint density at radius 1 is 1.30 bits per heavy atom. The summed E-state index contributed by atoms with van der Waals surface area (Å²) in [6.45, 7) is 1.70. The smallest absolute Gasteiger partial charge is 0.325 e. The molecule has 4 amide bonds. The van der Waals surface area contributed by atoms with Crippen molar-refractivity contribution in [3.8, 4) is 0 Å². The summed E-state index contributed by atoms with van der Waals surface area (Å²) in [4.78, 5) is 37.1. The first kappa shape index (κ1) is 15.5. The molecule has 1 fully saturated rings. The molecule has 0 aromatic heterocycles. The third kappa shape index (κ3) is 3.21. The molecular formula is C17H21N3O3. The second kappa shape index (κ2) is 6.40. The van der Waals surface area contributed by atoms with Crippen LogP contribution in [0.2, 0.25) is 0 Å². The highest BCUT2D eigenvalue weighted by Crippen LogP contribution is 2.24. The van der Waals surface area contributed by atoms with Crippen molar-refractivity contribution >= 4 is 23.5 Å². The summed E-state index contributed by atoms with van der Waals surface area (Å²) in [7, 11) is 0. The highest BCUT2D eigenvalue weighted by molar-refractivity contribution is 6.07. The second-order valence-corrected chi connectivity index (χ2v) is 6.10. The molecule has 1 aromatic rings. The Morgan fingerprint density at radius 3 is 2.87 bits per heavy atom. The molecule has 1 unspecified atom stereocenters. The minimum Gasteiger partial charge on any atom is -0.326 e. The zero-order valence-electron chi connectivity index (χ0n) is 13.2. The second-order valence-electron chi connectivity index (χ2n) is 6.10. The molecule has 0 saturated carbocycles. The zero-order chi connectivity index (χ0) is 16.4. The molecule has 2 aliphatic rings. The number of amides is 4. The molecule has 0 spiro atoms. The summed E-state index contributed by atoms with van der Waals surface area (Å²) in [5, 5.41) is 5.39. The maximum Gasteiger partial charge on any atom is 0.325 e. The van der Waals surface area contributed by atoms with Crippen molar-refractivity contribution < 1.29 is 14.4 Å². The number of fused-ring (bicyclic) bond motifs is 1. The van der Waals surface area contributed by atoms with Crippen LogP contribution in [-0.2, 0) is 22.4 Å². The summed E-state index contributed by atoms with van der Waals surface area (Å²) in [5.41, 5.74) is 3.31. The van der Waals surface area contributed by atoms with Crippen LogP contribution in [0.3, 0.4) is 0 Å². The lowest BCUT2D eigenvalue weighted by atomic mass is 10.1. The van der Waals surface area contributed by atoms with Gasteiger partial charge in [0.25, 0.3) is 5.91 Å². The average Bonchev–Trinajstić information content (AvgIpc) is 3.07. The molecule has 122 valence electrons. The van der Waals surface area contributed by atoms with Gasteiger partial charge in [-0.3, -0.25) is 14.5 Å². The summed E-state index contributed by atoms with van der Waals surface area (Å²) in [6, 6.07) is 4.89. The number of hydrogen-bond donors (Lipinski definition) is 2. The number of nitrogens with one attached hydrogen (secondary N) is 2. The number of imide groups is 1. The lowest BCUT2D eigenvalue weighted by molar-refractivity contribution is -0.130. The first-order chi connectivity index (χ1) is 11.1. The van der Waals surface area contributed by atoms with E-state index in [0.29, 0.717) is 12.1 Å². The van der Waals surface area contributed by atoms with E-state index in [1.807, 2.05) is 25.1 Å². The first-order valence-electron chi connectivity index (χ1n) is 8.12. The van der Waals surface area contributed by atoms with Crippen LogP contribution in [0.1, 0.15) is 37.3 Å². The van der Waals surface area contributed by atoms with E-state index in [1.165, 1.54) is 11.1 Å². The number of anilines is 1. The van der Waals surface area contributed by atoms with Crippen molar-refractivity contribution in [2.24, 2.45) is 0 Å². The van der Waals surface area contributed by atoms with Crippen molar-refractivity contribution in [3.63, 3.8) is 0 Å². The van der Waals surface area contributed by atoms with Crippen LogP contribution in [0.15, 0.2) is 18.2 Å². The lowest BCUT2D eigenvalue weighted by Crippen LogP contribution is -2.38. The molecule has 2 N–H and O–H groups in total. The van der Waals surface area contributed by atoms with Gasteiger partial charge in [0.2, 0.25) is 5.91 Å². The van der Waals surface area contributed by atoms with Crippen LogP contribution >= 0.6 is 0 Å². The van der Waals surface area contributed by atoms with Crippen molar-refractivity contribution in [1.29, 1.82) is 0 Å². The van der Waals surface area contributed by atoms with Crippen LogP contribution < -0.4 is 10.6 Å². The van der Waals surface area contributed by atoms with Crippen molar-refractivity contribution in [2.75, 3.05) is 11.9 Å². The van der Waals surface area contributed by atoms with Gasteiger partial charge >= 0.3 is 6.03 Å². The maximum atomic E-state index is 12.1. The average molecular weight is 315 g/mol. The van der Waals surface area contributed by atoms with Crippen molar-refractivity contribution in [1.82, 2.24) is 10.2 Å². The normalized spacial score (nSPS) is 19.7. The predicted molar refractivity (Wildman–Crippen MR) is 86.0 cm³/mol. The van der Waals surface area contributed by atoms with E-state index in [1.54, 1.807) is 0 Å².